The van der Waals surface area contributed by atoms with Crippen molar-refractivity contribution >= 4 is 5.69 Å². The van der Waals surface area contributed by atoms with Gasteiger partial charge in [0.15, 0.2) is 0 Å². The molecule has 0 bridgehead atoms. The second-order valence-electron chi connectivity index (χ2n) is 5.30. The molecule has 0 saturated carbocycles. The fourth-order valence-electron chi connectivity index (χ4n) is 2.54. The molecule has 3 heteroatoms. The third kappa shape index (κ3) is 3.76. The molecule has 0 aliphatic carbocycles. The Labute approximate surface area is 127 Å². The largest absolute Gasteiger partial charge is 0.496 e. The Morgan fingerprint density at radius 3 is 2.57 bits per heavy atom. The van der Waals surface area contributed by atoms with Crippen LogP contribution in [0.25, 0.3) is 0 Å². The molecule has 0 heterocycles. The second-order valence-corrected chi connectivity index (χ2v) is 5.30. The Bertz CT molecular complexity index is 583. The van der Waals surface area contributed by atoms with Crippen LogP contribution < -0.4 is 15.0 Å². The van der Waals surface area contributed by atoms with E-state index in [4.69, 9.17) is 4.74 Å². The van der Waals surface area contributed by atoms with Crippen molar-refractivity contribution in [1.82, 2.24) is 5.32 Å². The summed E-state index contributed by atoms with van der Waals surface area (Å²) < 4.78 is 5.48. The zero-order chi connectivity index (χ0) is 15.2. The van der Waals surface area contributed by atoms with Crippen molar-refractivity contribution in [2.45, 2.75) is 13.0 Å². The monoisotopic (exact) mass is 284 g/mol. The first-order chi connectivity index (χ1) is 10.2. The lowest BCUT2D eigenvalue weighted by molar-refractivity contribution is 0.401. The molecule has 0 amide bonds. The van der Waals surface area contributed by atoms with Crippen LogP contribution in [0, 0.1) is 6.92 Å². The first-order valence-corrected chi connectivity index (χ1v) is 7.23. The van der Waals surface area contributed by atoms with E-state index < -0.39 is 0 Å². The molecular weight excluding hydrogens is 260 g/mol. The van der Waals surface area contributed by atoms with E-state index in [2.05, 4.69) is 60.6 Å². The van der Waals surface area contributed by atoms with Gasteiger partial charge in [-0.1, -0.05) is 30.3 Å². The number of anilines is 1. The molecule has 21 heavy (non-hydrogen) atoms. The predicted octanol–water partition coefficient (Wildman–Crippen LogP) is 3.40. The molecule has 0 aliphatic rings. The molecule has 1 atom stereocenters. The summed E-state index contributed by atoms with van der Waals surface area (Å²) >= 11 is 0. The normalized spacial score (nSPS) is 12.0. The van der Waals surface area contributed by atoms with Gasteiger partial charge in [0.2, 0.25) is 0 Å². The molecule has 0 saturated heterocycles. The van der Waals surface area contributed by atoms with Gasteiger partial charge in [-0.15, -0.1) is 0 Å². The average molecular weight is 284 g/mol. The molecule has 1 unspecified atom stereocenters. The Balaban J connectivity index is 2.19. The summed E-state index contributed by atoms with van der Waals surface area (Å²) in [4.78, 5) is 2.26. The zero-order valence-electron chi connectivity index (χ0n) is 13.3. The fourth-order valence-corrected chi connectivity index (χ4v) is 2.54. The van der Waals surface area contributed by atoms with Crippen LogP contribution in [0.5, 0.6) is 5.75 Å². The SMILES string of the molecule is CNC(CN(C)c1cccc(C)c1)c1ccccc1OC. The maximum absolute atomic E-state index is 5.48. The standard InChI is InChI=1S/C18H24N2O/c1-14-8-7-9-15(12-14)20(3)13-17(19-2)16-10-5-6-11-18(16)21-4/h5-12,17,19H,13H2,1-4H3. The number of ether oxygens (including phenoxy) is 1. The van der Waals surface area contributed by atoms with Gasteiger partial charge in [-0.05, 0) is 37.7 Å². The highest BCUT2D eigenvalue weighted by molar-refractivity contribution is 5.48. The van der Waals surface area contributed by atoms with Gasteiger partial charge in [0.25, 0.3) is 0 Å². The lowest BCUT2D eigenvalue weighted by Crippen LogP contribution is -2.31. The molecule has 2 rings (SSSR count). The quantitative estimate of drug-likeness (QED) is 0.880. The predicted molar refractivity (Wildman–Crippen MR) is 89.2 cm³/mol. The van der Waals surface area contributed by atoms with E-state index in [1.54, 1.807) is 7.11 Å². The molecule has 0 spiro atoms. The topological polar surface area (TPSA) is 24.5 Å². The lowest BCUT2D eigenvalue weighted by atomic mass is 10.0. The van der Waals surface area contributed by atoms with Crippen LogP contribution >= 0.6 is 0 Å². The Morgan fingerprint density at radius 1 is 1.14 bits per heavy atom. The molecule has 0 fully saturated rings. The van der Waals surface area contributed by atoms with E-state index in [-0.39, 0.29) is 6.04 Å². The lowest BCUT2D eigenvalue weighted by Gasteiger charge is -2.27. The summed E-state index contributed by atoms with van der Waals surface area (Å²) in [6.07, 6.45) is 0. The first-order valence-electron chi connectivity index (χ1n) is 7.23. The summed E-state index contributed by atoms with van der Waals surface area (Å²) in [5.74, 6) is 0.925. The van der Waals surface area contributed by atoms with Gasteiger partial charge in [-0.2, -0.15) is 0 Å². The number of benzene rings is 2. The van der Waals surface area contributed by atoms with Crippen LogP contribution in [0.15, 0.2) is 48.5 Å². The van der Waals surface area contributed by atoms with E-state index in [1.807, 2.05) is 19.2 Å². The molecule has 3 nitrogen and oxygen atoms in total. The summed E-state index contributed by atoms with van der Waals surface area (Å²) in [5, 5.41) is 3.39. The molecular formula is C18H24N2O. The maximum Gasteiger partial charge on any atom is 0.123 e. The van der Waals surface area contributed by atoms with Crippen LogP contribution in [0.1, 0.15) is 17.2 Å². The van der Waals surface area contributed by atoms with Crippen molar-refractivity contribution in [3.8, 4) is 5.75 Å². The van der Waals surface area contributed by atoms with Crippen LogP contribution in [0.3, 0.4) is 0 Å². The van der Waals surface area contributed by atoms with Gasteiger partial charge in [0.05, 0.1) is 13.2 Å². The van der Waals surface area contributed by atoms with Gasteiger partial charge in [-0.25, -0.2) is 0 Å². The Morgan fingerprint density at radius 2 is 1.90 bits per heavy atom. The number of likely N-dealkylation sites (N-methyl/N-ethyl adjacent to an activating group) is 2. The zero-order valence-corrected chi connectivity index (χ0v) is 13.3. The molecule has 112 valence electrons. The van der Waals surface area contributed by atoms with Gasteiger partial charge in [0, 0.05) is 24.8 Å². The second kappa shape index (κ2) is 7.14. The number of hydrogen-bond donors (Lipinski definition) is 1. The van der Waals surface area contributed by atoms with Crippen molar-refractivity contribution < 1.29 is 4.74 Å². The minimum Gasteiger partial charge on any atom is -0.496 e. The van der Waals surface area contributed by atoms with Crippen molar-refractivity contribution in [2.75, 3.05) is 32.6 Å². The van der Waals surface area contributed by atoms with Crippen LogP contribution in [-0.4, -0.2) is 27.7 Å². The highest BCUT2D eigenvalue weighted by atomic mass is 16.5. The Hall–Kier alpha value is -2.00. The maximum atomic E-state index is 5.48. The summed E-state index contributed by atoms with van der Waals surface area (Å²) in [7, 11) is 5.82. The summed E-state index contributed by atoms with van der Waals surface area (Å²) in [5.41, 5.74) is 3.69. The average Bonchev–Trinajstić information content (AvgIpc) is 2.52. The van der Waals surface area contributed by atoms with Crippen molar-refractivity contribution in [1.29, 1.82) is 0 Å². The van der Waals surface area contributed by atoms with Crippen molar-refractivity contribution in [3.63, 3.8) is 0 Å². The van der Waals surface area contributed by atoms with E-state index in [1.165, 1.54) is 16.8 Å². The molecule has 2 aromatic rings. The molecule has 0 radical (unpaired) electrons. The molecule has 2 aromatic carbocycles. The number of hydrogen-bond acceptors (Lipinski definition) is 3. The van der Waals surface area contributed by atoms with Crippen LogP contribution in [0.2, 0.25) is 0 Å². The van der Waals surface area contributed by atoms with Crippen LogP contribution in [0.4, 0.5) is 5.69 Å². The summed E-state index contributed by atoms with van der Waals surface area (Å²) in [6.45, 7) is 2.99. The minimum absolute atomic E-state index is 0.215. The van der Waals surface area contributed by atoms with Gasteiger partial charge < -0.3 is 15.0 Å². The summed E-state index contributed by atoms with van der Waals surface area (Å²) in [6, 6.07) is 16.9. The third-order valence-electron chi connectivity index (χ3n) is 3.76. The van der Waals surface area contributed by atoms with Gasteiger partial charge in [0.1, 0.15) is 5.75 Å². The number of para-hydroxylation sites is 1. The van der Waals surface area contributed by atoms with E-state index in [0.29, 0.717) is 0 Å². The highest BCUT2D eigenvalue weighted by Gasteiger charge is 2.16. The fraction of sp³-hybridized carbons (Fsp3) is 0.333. The smallest absolute Gasteiger partial charge is 0.123 e. The number of nitrogens with one attached hydrogen (secondary N) is 1. The molecule has 0 aliphatic heterocycles. The first kappa shape index (κ1) is 15.4. The number of aryl methyl sites for hydroxylation is 1. The van der Waals surface area contributed by atoms with E-state index >= 15 is 0 Å². The Kier molecular flexibility index (Phi) is 5.23. The number of rotatable bonds is 6. The van der Waals surface area contributed by atoms with Gasteiger partial charge in [-0.3, -0.25) is 0 Å². The molecule has 0 aromatic heterocycles. The van der Waals surface area contributed by atoms with Crippen molar-refractivity contribution in [3.05, 3.63) is 59.7 Å². The molecule has 1 N–H and O–H groups in total. The number of nitrogens with zero attached hydrogens (tertiary/aromatic N) is 1. The highest BCUT2D eigenvalue weighted by Crippen LogP contribution is 2.26. The van der Waals surface area contributed by atoms with Crippen LogP contribution in [-0.2, 0) is 0 Å². The minimum atomic E-state index is 0.215. The van der Waals surface area contributed by atoms with Gasteiger partial charge >= 0.3 is 0 Å². The third-order valence-corrected chi connectivity index (χ3v) is 3.76. The van der Waals surface area contributed by atoms with E-state index in [9.17, 15) is 0 Å². The van der Waals surface area contributed by atoms with Crippen molar-refractivity contribution in [2.24, 2.45) is 0 Å². The van der Waals surface area contributed by atoms with E-state index in [0.717, 1.165) is 12.3 Å². The number of methoxy groups -OCH3 is 1.